The minimum Gasteiger partial charge on any atom is -0.312 e. The largest absolute Gasteiger partial charge is 0.312 e. The predicted octanol–water partition coefficient (Wildman–Crippen LogP) is 3.09. The van der Waals surface area contributed by atoms with Gasteiger partial charge in [0.25, 0.3) is 0 Å². The van der Waals surface area contributed by atoms with Gasteiger partial charge in [0.2, 0.25) is 0 Å². The van der Waals surface area contributed by atoms with E-state index < -0.39 is 0 Å². The third-order valence-electron chi connectivity index (χ3n) is 4.31. The molecule has 0 aromatic rings. The van der Waals surface area contributed by atoms with Crippen LogP contribution in [0.25, 0.3) is 0 Å². The molecule has 2 saturated carbocycles. The Labute approximate surface area is 99.4 Å². The molecular weight excluding hydrogens is 196 g/mol. The molecule has 2 aliphatic rings. The Hall–Kier alpha value is -0.550. The summed E-state index contributed by atoms with van der Waals surface area (Å²) in [6.45, 7) is 3.47. The van der Waals surface area contributed by atoms with E-state index in [2.05, 4.69) is 18.3 Å². The van der Waals surface area contributed by atoms with E-state index in [1.54, 1.807) is 0 Å². The standard InChI is InChI=1S/C14H24N2/c1-11(12-7-8-12)10-16-14-6-4-2-3-5-13(14)9-15/h11-14,16H,2-8,10H2,1H3. The van der Waals surface area contributed by atoms with Gasteiger partial charge in [-0.3, -0.25) is 0 Å². The summed E-state index contributed by atoms with van der Waals surface area (Å²) in [6, 6.07) is 2.97. The molecule has 90 valence electrons. The van der Waals surface area contributed by atoms with E-state index in [1.807, 2.05) is 0 Å². The van der Waals surface area contributed by atoms with Crippen molar-refractivity contribution in [2.75, 3.05) is 6.54 Å². The van der Waals surface area contributed by atoms with Crippen LogP contribution in [-0.2, 0) is 0 Å². The zero-order valence-electron chi connectivity index (χ0n) is 10.4. The lowest BCUT2D eigenvalue weighted by atomic mass is 9.95. The lowest BCUT2D eigenvalue weighted by molar-refractivity contribution is 0.353. The minimum absolute atomic E-state index is 0.258. The monoisotopic (exact) mass is 220 g/mol. The van der Waals surface area contributed by atoms with Crippen molar-refractivity contribution in [1.82, 2.24) is 5.32 Å². The first-order valence-corrected chi connectivity index (χ1v) is 6.94. The first kappa shape index (κ1) is 11.9. The molecule has 0 aliphatic heterocycles. The van der Waals surface area contributed by atoms with E-state index in [1.165, 1.54) is 38.5 Å². The summed E-state index contributed by atoms with van der Waals surface area (Å²) in [6.07, 6.45) is 9.02. The molecule has 2 heteroatoms. The first-order chi connectivity index (χ1) is 7.81. The number of hydrogen-bond donors (Lipinski definition) is 1. The SMILES string of the molecule is CC(CNC1CCCCCC1C#N)C1CC1. The van der Waals surface area contributed by atoms with Crippen LogP contribution in [0.15, 0.2) is 0 Å². The summed E-state index contributed by atoms with van der Waals surface area (Å²) in [5.41, 5.74) is 0. The van der Waals surface area contributed by atoms with Crippen LogP contribution in [0.5, 0.6) is 0 Å². The second kappa shape index (κ2) is 5.68. The molecule has 3 atom stereocenters. The van der Waals surface area contributed by atoms with Gasteiger partial charge in [-0.15, -0.1) is 0 Å². The van der Waals surface area contributed by atoms with E-state index in [0.717, 1.165) is 24.8 Å². The molecule has 0 aromatic carbocycles. The molecule has 2 rings (SSSR count). The second-order valence-corrected chi connectivity index (χ2v) is 5.70. The van der Waals surface area contributed by atoms with Crippen LogP contribution in [0.3, 0.4) is 0 Å². The van der Waals surface area contributed by atoms with Gasteiger partial charge in [0.05, 0.1) is 12.0 Å². The Balaban J connectivity index is 1.78. The van der Waals surface area contributed by atoms with Crippen molar-refractivity contribution in [2.45, 2.75) is 57.9 Å². The molecule has 2 aliphatic carbocycles. The molecule has 0 aromatic heterocycles. The van der Waals surface area contributed by atoms with Gasteiger partial charge in [0.15, 0.2) is 0 Å². The van der Waals surface area contributed by atoms with E-state index >= 15 is 0 Å². The van der Waals surface area contributed by atoms with E-state index in [0.29, 0.717) is 6.04 Å². The van der Waals surface area contributed by atoms with E-state index in [9.17, 15) is 5.26 Å². The van der Waals surface area contributed by atoms with Gasteiger partial charge in [-0.1, -0.05) is 26.2 Å². The molecule has 2 nitrogen and oxygen atoms in total. The average molecular weight is 220 g/mol. The molecular formula is C14H24N2. The smallest absolute Gasteiger partial charge is 0.0672 e. The Kier molecular flexibility index (Phi) is 4.23. The van der Waals surface area contributed by atoms with Gasteiger partial charge in [0.1, 0.15) is 0 Å². The number of rotatable bonds is 4. The molecule has 16 heavy (non-hydrogen) atoms. The Bertz CT molecular complexity index is 252. The maximum Gasteiger partial charge on any atom is 0.0672 e. The minimum atomic E-state index is 0.258. The van der Waals surface area contributed by atoms with Crippen molar-refractivity contribution in [3.8, 4) is 6.07 Å². The molecule has 0 heterocycles. The first-order valence-electron chi connectivity index (χ1n) is 6.94. The maximum absolute atomic E-state index is 9.18. The highest BCUT2D eigenvalue weighted by Gasteiger charge is 2.29. The highest BCUT2D eigenvalue weighted by Crippen LogP contribution is 2.36. The maximum atomic E-state index is 9.18. The summed E-state index contributed by atoms with van der Waals surface area (Å²) in [5, 5.41) is 12.8. The van der Waals surface area contributed by atoms with Crippen LogP contribution < -0.4 is 5.32 Å². The van der Waals surface area contributed by atoms with E-state index in [-0.39, 0.29) is 5.92 Å². The average Bonchev–Trinajstić information content (AvgIpc) is 3.12. The van der Waals surface area contributed by atoms with Gasteiger partial charge < -0.3 is 5.32 Å². The second-order valence-electron chi connectivity index (χ2n) is 5.70. The van der Waals surface area contributed by atoms with Crippen molar-refractivity contribution in [2.24, 2.45) is 17.8 Å². The summed E-state index contributed by atoms with van der Waals surface area (Å²) in [4.78, 5) is 0. The normalized spacial score (nSPS) is 32.8. The van der Waals surface area contributed by atoms with Crippen LogP contribution in [0.1, 0.15) is 51.9 Å². The van der Waals surface area contributed by atoms with Crippen molar-refractivity contribution >= 4 is 0 Å². The molecule has 3 unspecified atom stereocenters. The lowest BCUT2D eigenvalue weighted by Gasteiger charge is -2.23. The lowest BCUT2D eigenvalue weighted by Crippen LogP contribution is -2.38. The number of hydrogen-bond acceptors (Lipinski definition) is 2. The topological polar surface area (TPSA) is 35.8 Å². The molecule has 1 N–H and O–H groups in total. The predicted molar refractivity (Wildman–Crippen MR) is 65.9 cm³/mol. The quantitative estimate of drug-likeness (QED) is 0.739. The molecule has 0 bridgehead atoms. The highest BCUT2D eigenvalue weighted by molar-refractivity contribution is 4.94. The van der Waals surface area contributed by atoms with Crippen LogP contribution in [0.2, 0.25) is 0 Å². The van der Waals surface area contributed by atoms with E-state index in [4.69, 9.17) is 0 Å². The Morgan fingerprint density at radius 1 is 1.19 bits per heavy atom. The third kappa shape index (κ3) is 3.22. The number of nitrogens with one attached hydrogen (secondary N) is 1. The zero-order valence-corrected chi connectivity index (χ0v) is 10.4. The van der Waals surface area contributed by atoms with Gasteiger partial charge in [0, 0.05) is 6.04 Å². The number of nitrogens with zero attached hydrogens (tertiary/aromatic N) is 1. The molecule has 0 radical (unpaired) electrons. The summed E-state index contributed by atoms with van der Waals surface area (Å²) >= 11 is 0. The molecule has 2 fully saturated rings. The Morgan fingerprint density at radius 2 is 1.94 bits per heavy atom. The van der Waals surface area contributed by atoms with Crippen LogP contribution in [0, 0.1) is 29.1 Å². The molecule has 0 amide bonds. The fraction of sp³-hybridized carbons (Fsp3) is 0.929. The molecule has 0 spiro atoms. The van der Waals surface area contributed by atoms with Gasteiger partial charge in [-0.25, -0.2) is 0 Å². The zero-order chi connectivity index (χ0) is 11.4. The summed E-state index contributed by atoms with van der Waals surface area (Å²) in [7, 11) is 0. The van der Waals surface area contributed by atoms with Crippen LogP contribution in [0.4, 0.5) is 0 Å². The number of nitriles is 1. The summed E-state index contributed by atoms with van der Waals surface area (Å²) in [5.74, 6) is 2.04. The van der Waals surface area contributed by atoms with Crippen LogP contribution >= 0.6 is 0 Å². The Morgan fingerprint density at radius 3 is 2.62 bits per heavy atom. The summed E-state index contributed by atoms with van der Waals surface area (Å²) < 4.78 is 0. The fourth-order valence-corrected chi connectivity index (χ4v) is 2.88. The van der Waals surface area contributed by atoms with Gasteiger partial charge in [-0.2, -0.15) is 5.26 Å². The van der Waals surface area contributed by atoms with Crippen molar-refractivity contribution < 1.29 is 0 Å². The van der Waals surface area contributed by atoms with Crippen molar-refractivity contribution in [1.29, 1.82) is 5.26 Å². The fourth-order valence-electron chi connectivity index (χ4n) is 2.88. The van der Waals surface area contributed by atoms with Gasteiger partial charge in [-0.05, 0) is 44.1 Å². The van der Waals surface area contributed by atoms with Crippen LogP contribution in [-0.4, -0.2) is 12.6 Å². The molecule has 0 saturated heterocycles. The van der Waals surface area contributed by atoms with Crippen molar-refractivity contribution in [3.05, 3.63) is 0 Å². The highest BCUT2D eigenvalue weighted by atomic mass is 14.9. The third-order valence-corrected chi connectivity index (χ3v) is 4.31. The van der Waals surface area contributed by atoms with Gasteiger partial charge >= 0.3 is 0 Å². The van der Waals surface area contributed by atoms with Crippen molar-refractivity contribution in [3.63, 3.8) is 0 Å².